The van der Waals surface area contributed by atoms with Crippen molar-refractivity contribution in [2.24, 2.45) is 17.1 Å². The van der Waals surface area contributed by atoms with Crippen LogP contribution in [0.2, 0.25) is 0 Å². The molecule has 4 heteroatoms. The molecule has 0 radical (unpaired) electrons. The van der Waals surface area contributed by atoms with E-state index in [4.69, 9.17) is 18.0 Å². The molecule has 1 saturated carbocycles. The van der Waals surface area contributed by atoms with E-state index in [0.717, 1.165) is 23.8 Å². The highest BCUT2D eigenvalue weighted by Crippen LogP contribution is 2.51. The Hall–Kier alpha value is -1.16. The van der Waals surface area contributed by atoms with Crippen molar-refractivity contribution < 1.29 is 0 Å². The van der Waals surface area contributed by atoms with E-state index in [1.54, 1.807) is 6.20 Å². The fraction of sp³-hybridized carbons (Fsp3) is 0.500. The Balaban J connectivity index is 1.95. The van der Waals surface area contributed by atoms with Crippen LogP contribution in [0.25, 0.3) is 0 Å². The smallest absolute Gasteiger partial charge is 0.126 e. The van der Waals surface area contributed by atoms with Gasteiger partial charge < -0.3 is 11.1 Å². The van der Waals surface area contributed by atoms with Crippen LogP contribution in [-0.2, 0) is 0 Å². The van der Waals surface area contributed by atoms with E-state index in [0.29, 0.717) is 10.4 Å². The van der Waals surface area contributed by atoms with Crippen molar-refractivity contribution in [2.45, 2.75) is 20.3 Å². The highest BCUT2D eigenvalue weighted by atomic mass is 32.1. The third-order valence-electron chi connectivity index (χ3n) is 3.29. The molecule has 0 bridgehead atoms. The van der Waals surface area contributed by atoms with Gasteiger partial charge in [0.25, 0.3) is 0 Å². The molecule has 2 rings (SSSR count). The van der Waals surface area contributed by atoms with Gasteiger partial charge in [-0.1, -0.05) is 26.1 Å². The van der Waals surface area contributed by atoms with Crippen molar-refractivity contribution in [3.8, 4) is 0 Å². The Morgan fingerprint density at radius 1 is 1.69 bits per heavy atom. The summed E-state index contributed by atoms with van der Waals surface area (Å²) in [6.07, 6.45) is 3.02. The maximum Gasteiger partial charge on any atom is 0.126 e. The van der Waals surface area contributed by atoms with Crippen LogP contribution in [0.5, 0.6) is 0 Å². The monoisotopic (exact) mass is 235 g/mol. The number of hydrogen-bond donors (Lipinski definition) is 2. The second kappa shape index (κ2) is 4.01. The molecule has 1 atom stereocenters. The van der Waals surface area contributed by atoms with Gasteiger partial charge in [0.15, 0.2) is 0 Å². The molecular weight excluding hydrogens is 218 g/mol. The second-order valence-electron chi connectivity index (χ2n) is 5.06. The number of thiocarbonyl (C=S) groups is 1. The third kappa shape index (κ3) is 2.50. The van der Waals surface area contributed by atoms with E-state index in [2.05, 4.69) is 24.1 Å². The van der Waals surface area contributed by atoms with Crippen LogP contribution < -0.4 is 11.1 Å². The first-order valence-corrected chi connectivity index (χ1v) is 5.89. The summed E-state index contributed by atoms with van der Waals surface area (Å²) in [6.45, 7) is 5.55. The highest BCUT2D eigenvalue weighted by molar-refractivity contribution is 7.80. The van der Waals surface area contributed by atoms with Gasteiger partial charge in [0, 0.05) is 18.3 Å². The minimum Gasteiger partial charge on any atom is -0.389 e. The van der Waals surface area contributed by atoms with Crippen LogP contribution in [0.4, 0.5) is 5.82 Å². The van der Waals surface area contributed by atoms with Crippen molar-refractivity contribution >= 4 is 23.0 Å². The summed E-state index contributed by atoms with van der Waals surface area (Å²) in [7, 11) is 0. The normalized spacial score (nSPS) is 21.5. The molecule has 0 aliphatic heterocycles. The van der Waals surface area contributed by atoms with E-state index >= 15 is 0 Å². The first kappa shape index (κ1) is 11.3. The molecule has 1 fully saturated rings. The van der Waals surface area contributed by atoms with Crippen molar-refractivity contribution in [2.75, 3.05) is 11.9 Å². The predicted molar refractivity (Wildman–Crippen MR) is 70.5 cm³/mol. The first-order chi connectivity index (χ1) is 7.49. The predicted octanol–water partition coefficient (Wildman–Crippen LogP) is 2.17. The lowest BCUT2D eigenvalue weighted by atomic mass is 10.1. The number of hydrogen-bond acceptors (Lipinski definition) is 3. The first-order valence-electron chi connectivity index (χ1n) is 5.49. The molecule has 3 N–H and O–H groups in total. The standard InChI is InChI=1S/C12H17N3S/c1-12(2)6-9(12)7-15-10-5-8(11(13)16)3-4-14-10/h3-5,9H,6-7H2,1-2H3,(H2,13,16)(H,14,15). The van der Waals surface area contributed by atoms with Gasteiger partial charge in [-0.05, 0) is 29.9 Å². The van der Waals surface area contributed by atoms with E-state index in [1.807, 2.05) is 12.1 Å². The number of nitrogens with zero attached hydrogens (tertiary/aromatic N) is 1. The third-order valence-corrected chi connectivity index (χ3v) is 3.53. The molecule has 0 aromatic carbocycles. The van der Waals surface area contributed by atoms with Crippen molar-refractivity contribution in [1.29, 1.82) is 0 Å². The molecule has 1 aromatic heterocycles. The van der Waals surface area contributed by atoms with Crippen LogP contribution in [-0.4, -0.2) is 16.5 Å². The van der Waals surface area contributed by atoms with E-state index in [-0.39, 0.29) is 0 Å². The Morgan fingerprint density at radius 2 is 2.38 bits per heavy atom. The molecule has 0 spiro atoms. The van der Waals surface area contributed by atoms with Gasteiger partial charge >= 0.3 is 0 Å². The lowest BCUT2D eigenvalue weighted by Crippen LogP contribution is -2.12. The lowest BCUT2D eigenvalue weighted by molar-refractivity contribution is 0.573. The van der Waals surface area contributed by atoms with Crippen LogP contribution in [0.3, 0.4) is 0 Å². The molecule has 1 aromatic rings. The fourth-order valence-electron chi connectivity index (χ4n) is 1.83. The van der Waals surface area contributed by atoms with Crippen LogP contribution in [0.15, 0.2) is 18.3 Å². The van der Waals surface area contributed by atoms with Crippen molar-refractivity contribution in [3.05, 3.63) is 23.9 Å². The summed E-state index contributed by atoms with van der Waals surface area (Å²) < 4.78 is 0. The number of anilines is 1. The molecule has 1 heterocycles. The summed E-state index contributed by atoms with van der Waals surface area (Å²) >= 11 is 4.93. The van der Waals surface area contributed by atoms with Crippen LogP contribution in [0.1, 0.15) is 25.8 Å². The van der Waals surface area contributed by atoms with E-state index in [1.165, 1.54) is 6.42 Å². The van der Waals surface area contributed by atoms with Crippen molar-refractivity contribution in [1.82, 2.24) is 4.98 Å². The van der Waals surface area contributed by atoms with Gasteiger partial charge in [-0.2, -0.15) is 0 Å². The maximum absolute atomic E-state index is 5.57. The molecule has 86 valence electrons. The molecule has 1 aliphatic rings. The average Bonchev–Trinajstić information content (AvgIpc) is 2.84. The van der Waals surface area contributed by atoms with Crippen LogP contribution in [0, 0.1) is 11.3 Å². The molecular formula is C12H17N3S. The fourth-order valence-corrected chi connectivity index (χ4v) is 1.96. The zero-order valence-electron chi connectivity index (χ0n) is 9.66. The summed E-state index contributed by atoms with van der Waals surface area (Å²) in [5.41, 5.74) is 6.93. The Labute approximate surface area is 101 Å². The van der Waals surface area contributed by atoms with Gasteiger partial charge in [-0.25, -0.2) is 4.98 Å². The Kier molecular flexibility index (Phi) is 2.84. The van der Waals surface area contributed by atoms with Gasteiger partial charge in [0.05, 0.1) is 0 Å². The zero-order chi connectivity index (χ0) is 11.8. The number of pyridine rings is 1. The highest BCUT2D eigenvalue weighted by Gasteiger charge is 2.44. The molecule has 16 heavy (non-hydrogen) atoms. The van der Waals surface area contributed by atoms with E-state index < -0.39 is 0 Å². The van der Waals surface area contributed by atoms with Crippen LogP contribution >= 0.6 is 12.2 Å². The SMILES string of the molecule is CC1(C)CC1CNc1cc(C(N)=S)ccn1. The zero-order valence-corrected chi connectivity index (χ0v) is 10.5. The topological polar surface area (TPSA) is 50.9 Å². The summed E-state index contributed by atoms with van der Waals surface area (Å²) in [6, 6.07) is 3.73. The quantitative estimate of drug-likeness (QED) is 0.785. The molecule has 1 unspecified atom stereocenters. The van der Waals surface area contributed by atoms with Crippen molar-refractivity contribution in [3.63, 3.8) is 0 Å². The van der Waals surface area contributed by atoms with Gasteiger partial charge in [-0.3, -0.25) is 0 Å². The number of rotatable bonds is 4. The van der Waals surface area contributed by atoms with E-state index in [9.17, 15) is 0 Å². The minimum absolute atomic E-state index is 0.414. The molecule has 0 amide bonds. The second-order valence-corrected chi connectivity index (χ2v) is 5.50. The maximum atomic E-state index is 5.57. The average molecular weight is 235 g/mol. The Morgan fingerprint density at radius 3 is 2.94 bits per heavy atom. The lowest BCUT2D eigenvalue weighted by Gasteiger charge is -2.07. The summed E-state index contributed by atoms with van der Waals surface area (Å²) in [5.74, 6) is 1.61. The number of aromatic nitrogens is 1. The molecule has 1 aliphatic carbocycles. The van der Waals surface area contributed by atoms with Gasteiger partial charge in [0.1, 0.15) is 10.8 Å². The summed E-state index contributed by atoms with van der Waals surface area (Å²) in [4.78, 5) is 4.66. The number of nitrogens with one attached hydrogen (secondary N) is 1. The molecule has 0 saturated heterocycles. The molecule has 3 nitrogen and oxygen atoms in total. The largest absolute Gasteiger partial charge is 0.389 e. The number of nitrogens with two attached hydrogens (primary N) is 1. The minimum atomic E-state index is 0.414. The summed E-state index contributed by atoms with van der Waals surface area (Å²) in [5, 5.41) is 3.33. The Bertz CT molecular complexity index is 414. The van der Waals surface area contributed by atoms with Gasteiger partial charge in [0.2, 0.25) is 0 Å². The van der Waals surface area contributed by atoms with Gasteiger partial charge in [-0.15, -0.1) is 0 Å².